The summed E-state index contributed by atoms with van der Waals surface area (Å²) >= 11 is 12.4. The number of anilines is 2. The number of carbonyl (C=O) groups is 3. The lowest BCUT2D eigenvalue weighted by atomic mass is 9.75. The number of para-hydroxylation sites is 1. The van der Waals surface area contributed by atoms with Gasteiger partial charge in [-0.2, -0.15) is 0 Å². The Bertz CT molecular complexity index is 1200. The molecule has 2 aromatic rings. The predicted molar refractivity (Wildman–Crippen MR) is 117 cm³/mol. The first-order chi connectivity index (χ1) is 14.9. The Balaban J connectivity index is 1.57. The molecule has 3 amide bonds. The standard InChI is InChI=1S/C23H19Cl2N3O3/c1-11-4-2-5-13-19(11)26-22(31)23(13)18-17(16-6-3-9-27(16)23)20(29)28(21(18)30)15-8-7-12(24)10-14(15)25/h2,4-5,7-8,10,16-18H,3,6,9H2,1H3,(H,26,31). The first-order valence-electron chi connectivity index (χ1n) is 10.4. The first kappa shape index (κ1) is 19.3. The first-order valence-corrected chi connectivity index (χ1v) is 11.1. The van der Waals surface area contributed by atoms with Crippen molar-refractivity contribution in [1.29, 1.82) is 0 Å². The van der Waals surface area contributed by atoms with Crippen LogP contribution in [0.2, 0.25) is 10.0 Å². The van der Waals surface area contributed by atoms with E-state index in [0.717, 1.165) is 29.7 Å². The fourth-order valence-electron chi connectivity index (χ4n) is 6.28. The largest absolute Gasteiger partial charge is 0.324 e. The van der Waals surface area contributed by atoms with Crippen LogP contribution in [0.5, 0.6) is 0 Å². The highest BCUT2D eigenvalue weighted by atomic mass is 35.5. The lowest BCUT2D eigenvalue weighted by Gasteiger charge is -2.36. The minimum atomic E-state index is -1.17. The Labute approximate surface area is 189 Å². The molecule has 0 aliphatic carbocycles. The third kappa shape index (κ3) is 2.20. The van der Waals surface area contributed by atoms with Crippen molar-refractivity contribution in [3.8, 4) is 0 Å². The van der Waals surface area contributed by atoms with E-state index in [9.17, 15) is 14.4 Å². The van der Waals surface area contributed by atoms with E-state index in [1.54, 1.807) is 12.1 Å². The fourth-order valence-corrected chi connectivity index (χ4v) is 6.77. The molecule has 6 rings (SSSR count). The normalized spacial score (nSPS) is 31.4. The molecule has 31 heavy (non-hydrogen) atoms. The summed E-state index contributed by atoms with van der Waals surface area (Å²) in [4.78, 5) is 44.4. The Kier molecular flexibility index (Phi) is 3.93. The molecule has 3 fully saturated rings. The molecule has 0 bridgehead atoms. The topological polar surface area (TPSA) is 69.7 Å². The minimum absolute atomic E-state index is 0.158. The molecule has 4 heterocycles. The molecule has 0 saturated carbocycles. The molecule has 4 aliphatic rings. The number of aryl methyl sites for hydroxylation is 1. The number of hydrogen-bond donors (Lipinski definition) is 1. The number of benzene rings is 2. The summed E-state index contributed by atoms with van der Waals surface area (Å²) < 4.78 is 0. The number of hydrogen-bond acceptors (Lipinski definition) is 4. The van der Waals surface area contributed by atoms with Crippen molar-refractivity contribution < 1.29 is 14.4 Å². The minimum Gasteiger partial charge on any atom is -0.324 e. The number of amides is 3. The summed E-state index contributed by atoms with van der Waals surface area (Å²) in [7, 11) is 0. The van der Waals surface area contributed by atoms with Gasteiger partial charge in [0.25, 0.3) is 0 Å². The molecule has 2 aromatic carbocycles. The second-order valence-corrected chi connectivity index (χ2v) is 9.58. The highest BCUT2D eigenvalue weighted by molar-refractivity contribution is 6.38. The number of nitrogens with one attached hydrogen (secondary N) is 1. The van der Waals surface area contributed by atoms with E-state index in [-0.39, 0.29) is 28.8 Å². The highest BCUT2D eigenvalue weighted by Crippen LogP contribution is 2.61. The maximum atomic E-state index is 13.9. The zero-order valence-corrected chi connectivity index (χ0v) is 18.2. The Morgan fingerprint density at radius 1 is 1.10 bits per heavy atom. The number of carbonyl (C=O) groups excluding carboxylic acids is 3. The van der Waals surface area contributed by atoms with Crippen molar-refractivity contribution in [3.63, 3.8) is 0 Å². The summed E-state index contributed by atoms with van der Waals surface area (Å²) in [5.74, 6) is -2.26. The SMILES string of the molecule is Cc1cccc2c1NC(=O)C21C2C(=O)N(c3ccc(Cl)cc3Cl)C(=O)C2C2CCCN21. The van der Waals surface area contributed by atoms with Crippen LogP contribution in [0.1, 0.15) is 24.0 Å². The lowest BCUT2D eigenvalue weighted by Crippen LogP contribution is -2.54. The van der Waals surface area contributed by atoms with Gasteiger partial charge >= 0.3 is 0 Å². The van der Waals surface area contributed by atoms with E-state index < -0.39 is 17.4 Å². The number of imide groups is 1. The molecule has 1 spiro atoms. The van der Waals surface area contributed by atoms with Gasteiger partial charge in [0.2, 0.25) is 17.7 Å². The van der Waals surface area contributed by atoms with Crippen LogP contribution < -0.4 is 10.2 Å². The van der Waals surface area contributed by atoms with Crippen LogP contribution in [0.3, 0.4) is 0 Å². The molecule has 4 aliphatic heterocycles. The van der Waals surface area contributed by atoms with Crippen LogP contribution in [0.25, 0.3) is 0 Å². The van der Waals surface area contributed by atoms with Gasteiger partial charge in [-0.15, -0.1) is 0 Å². The molecule has 0 aromatic heterocycles. The second kappa shape index (κ2) is 6.31. The average Bonchev–Trinajstić information content (AvgIpc) is 3.42. The van der Waals surface area contributed by atoms with Crippen molar-refractivity contribution in [1.82, 2.24) is 4.90 Å². The van der Waals surface area contributed by atoms with E-state index in [4.69, 9.17) is 23.2 Å². The van der Waals surface area contributed by atoms with Gasteiger partial charge in [0.05, 0.1) is 22.5 Å². The van der Waals surface area contributed by atoms with Gasteiger partial charge < -0.3 is 5.32 Å². The summed E-state index contributed by atoms with van der Waals surface area (Å²) in [6.07, 6.45) is 1.66. The molecule has 3 saturated heterocycles. The number of rotatable bonds is 1. The van der Waals surface area contributed by atoms with Crippen LogP contribution in [-0.2, 0) is 19.9 Å². The highest BCUT2D eigenvalue weighted by Gasteiger charge is 2.74. The second-order valence-electron chi connectivity index (χ2n) is 8.73. The van der Waals surface area contributed by atoms with Gasteiger partial charge in [0.15, 0.2) is 0 Å². The van der Waals surface area contributed by atoms with Crippen molar-refractivity contribution in [2.24, 2.45) is 11.8 Å². The molecule has 158 valence electrons. The monoisotopic (exact) mass is 455 g/mol. The molecule has 4 atom stereocenters. The van der Waals surface area contributed by atoms with Crippen LogP contribution >= 0.6 is 23.2 Å². The molecule has 8 heteroatoms. The van der Waals surface area contributed by atoms with Crippen molar-refractivity contribution in [2.75, 3.05) is 16.8 Å². The summed E-state index contributed by atoms with van der Waals surface area (Å²) in [6.45, 7) is 2.62. The van der Waals surface area contributed by atoms with E-state index >= 15 is 0 Å². The van der Waals surface area contributed by atoms with Crippen LogP contribution in [0.15, 0.2) is 36.4 Å². The Hall–Kier alpha value is -2.41. The third-order valence-electron chi connectivity index (χ3n) is 7.39. The summed E-state index contributed by atoms with van der Waals surface area (Å²) in [5.41, 5.74) is 1.63. The molecular weight excluding hydrogens is 437 g/mol. The maximum absolute atomic E-state index is 13.9. The predicted octanol–water partition coefficient (Wildman–Crippen LogP) is 3.73. The van der Waals surface area contributed by atoms with Crippen LogP contribution in [-0.4, -0.2) is 35.2 Å². The zero-order chi connectivity index (χ0) is 21.7. The molecular formula is C23H19Cl2N3O3. The molecule has 4 unspecified atom stereocenters. The summed E-state index contributed by atoms with van der Waals surface area (Å²) in [6, 6.07) is 10.3. The van der Waals surface area contributed by atoms with Crippen molar-refractivity contribution in [2.45, 2.75) is 31.3 Å². The van der Waals surface area contributed by atoms with Gasteiger partial charge in [0.1, 0.15) is 5.54 Å². The maximum Gasteiger partial charge on any atom is 0.250 e. The number of nitrogens with zero attached hydrogens (tertiary/aromatic N) is 2. The van der Waals surface area contributed by atoms with Gasteiger partial charge in [-0.05, 0) is 50.1 Å². The number of halogens is 2. The van der Waals surface area contributed by atoms with Gasteiger partial charge in [0, 0.05) is 22.3 Å². The van der Waals surface area contributed by atoms with Crippen LogP contribution in [0.4, 0.5) is 11.4 Å². The van der Waals surface area contributed by atoms with E-state index in [1.807, 2.05) is 25.1 Å². The van der Waals surface area contributed by atoms with Gasteiger partial charge in [-0.3, -0.25) is 19.3 Å². The van der Waals surface area contributed by atoms with Crippen molar-refractivity contribution >= 4 is 52.3 Å². The molecule has 6 nitrogen and oxygen atoms in total. The average molecular weight is 456 g/mol. The third-order valence-corrected chi connectivity index (χ3v) is 7.92. The summed E-state index contributed by atoms with van der Waals surface area (Å²) in [5, 5.41) is 3.68. The zero-order valence-electron chi connectivity index (χ0n) is 16.7. The van der Waals surface area contributed by atoms with E-state index in [1.165, 1.54) is 11.0 Å². The van der Waals surface area contributed by atoms with E-state index in [0.29, 0.717) is 17.3 Å². The smallest absolute Gasteiger partial charge is 0.250 e. The lowest BCUT2D eigenvalue weighted by molar-refractivity contribution is -0.135. The Morgan fingerprint density at radius 3 is 2.68 bits per heavy atom. The van der Waals surface area contributed by atoms with E-state index in [2.05, 4.69) is 10.2 Å². The Morgan fingerprint density at radius 2 is 1.90 bits per heavy atom. The van der Waals surface area contributed by atoms with Gasteiger partial charge in [-0.1, -0.05) is 41.4 Å². The molecule has 1 N–H and O–H groups in total. The van der Waals surface area contributed by atoms with Crippen LogP contribution in [0, 0.1) is 18.8 Å². The van der Waals surface area contributed by atoms with Gasteiger partial charge in [-0.25, -0.2) is 4.90 Å². The molecule has 0 radical (unpaired) electrons. The quantitative estimate of drug-likeness (QED) is 0.665. The van der Waals surface area contributed by atoms with Crippen molar-refractivity contribution in [3.05, 3.63) is 57.6 Å². The fraction of sp³-hybridized carbons (Fsp3) is 0.348. The number of fused-ring (bicyclic) bond motifs is 7.